The molecule has 1 saturated heterocycles. The molecule has 0 N–H and O–H groups in total. The van der Waals surface area contributed by atoms with E-state index in [-0.39, 0.29) is 0 Å². The van der Waals surface area contributed by atoms with Crippen molar-refractivity contribution < 1.29 is 4.21 Å². The molecule has 0 bridgehead atoms. The van der Waals surface area contributed by atoms with Crippen molar-refractivity contribution in [1.82, 2.24) is 19.7 Å². The van der Waals surface area contributed by atoms with Gasteiger partial charge in [0.05, 0.1) is 17.1 Å². The van der Waals surface area contributed by atoms with Crippen LogP contribution in [0.2, 0.25) is 0 Å². The number of anilines is 1. The Bertz CT molecular complexity index is 1280. The maximum atomic E-state index is 13.9. The van der Waals surface area contributed by atoms with Crippen molar-refractivity contribution in [1.29, 1.82) is 0 Å². The van der Waals surface area contributed by atoms with Gasteiger partial charge in [-0.05, 0) is 90.4 Å². The van der Waals surface area contributed by atoms with E-state index in [1.165, 1.54) is 61.0 Å². The molecule has 0 radical (unpaired) electrons. The lowest BCUT2D eigenvalue weighted by Crippen LogP contribution is -2.33. The van der Waals surface area contributed by atoms with Crippen LogP contribution in [0, 0.1) is 5.92 Å². The Morgan fingerprint density at radius 2 is 2.03 bits per heavy atom. The van der Waals surface area contributed by atoms with E-state index in [1.54, 1.807) is 6.33 Å². The Morgan fingerprint density at radius 1 is 1.17 bits per heavy atom. The van der Waals surface area contributed by atoms with E-state index in [0.29, 0.717) is 11.8 Å². The summed E-state index contributed by atoms with van der Waals surface area (Å²) in [6.45, 7) is 8.64. The van der Waals surface area contributed by atoms with Crippen LogP contribution in [0.15, 0.2) is 47.6 Å². The minimum atomic E-state index is -1.18. The summed E-state index contributed by atoms with van der Waals surface area (Å²) in [4.78, 5) is 3.63. The number of hydrogen-bond donors (Lipinski definition) is 0. The van der Waals surface area contributed by atoms with Gasteiger partial charge in [-0.3, -0.25) is 9.21 Å². The molecule has 2 aromatic carbocycles. The standard InChI is InChI=1S/C29H37N5OS/c1-20-6-5-11-33(16-20)17-22-13-26(23-9-10-23)27-18-34(36(35)28(27)14-22)25-8-4-7-24(15-25)21(2)12-29-31-30-19-32(29)3/h4,7-8,13-15,19-21,23H,5-6,9-12,16-18H2,1-3H3. The number of aromatic nitrogens is 3. The van der Waals surface area contributed by atoms with Crippen molar-refractivity contribution in [2.45, 2.75) is 75.8 Å². The predicted molar refractivity (Wildman–Crippen MR) is 144 cm³/mol. The second-order valence-corrected chi connectivity index (χ2v) is 12.6. The lowest BCUT2D eigenvalue weighted by Gasteiger charge is -2.31. The molecule has 0 spiro atoms. The van der Waals surface area contributed by atoms with Gasteiger partial charge < -0.3 is 4.57 Å². The van der Waals surface area contributed by atoms with Gasteiger partial charge in [-0.2, -0.15) is 0 Å². The molecule has 190 valence electrons. The molecule has 0 amide bonds. The van der Waals surface area contributed by atoms with Gasteiger partial charge in [0.1, 0.15) is 12.2 Å². The number of likely N-dealkylation sites (tertiary alicyclic amines) is 1. The summed E-state index contributed by atoms with van der Waals surface area (Å²) in [6, 6.07) is 13.3. The van der Waals surface area contributed by atoms with E-state index in [2.05, 4.69) is 69.6 Å². The van der Waals surface area contributed by atoms with Gasteiger partial charge in [-0.1, -0.05) is 32.0 Å². The summed E-state index contributed by atoms with van der Waals surface area (Å²) in [7, 11) is 0.809. The van der Waals surface area contributed by atoms with Crippen molar-refractivity contribution >= 4 is 16.7 Å². The van der Waals surface area contributed by atoms with Crippen molar-refractivity contribution in [2.24, 2.45) is 13.0 Å². The Balaban J connectivity index is 1.25. The van der Waals surface area contributed by atoms with Crippen LogP contribution in [0.4, 0.5) is 5.69 Å². The molecule has 2 aliphatic heterocycles. The zero-order valence-electron chi connectivity index (χ0n) is 21.7. The average molecular weight is 504 g/mol. The van der Waals surface area contributed by atoms with Crippen LogP contribution in [0.3, 0.4) is 0 Å². The molecule has 6 rings (SSSR count). The normalized spacial score (nSPS) is 23.1. The highest BCUT2D eigenvalue weighted by molar-refractivity contribution is 7.86. The van der Waals surface area contributed by atoms with E-state index < -0.39 is 11.0 Å². The molecule has 6 nitrogen and oxygen atoms in total. The highest BCUT2D eigenvalue weighted by Crippen LogP contribution is 2.46. The number of hydrogen-bond acceptors (Lipinski definition) is 4. The topological polar surface area (TPSA) is 54.3 Å². The number of aryl methyl sites for hydroxylation is 1. The fourth-order valence-electron chi connectivity index (χ4n) is 5.97. The molecule has 2 fully saturated rings. The zero-order chi connectivity index (χ0) is 24.8. The highest BCUT2D eigenvalue weighted by Gasteiger charge is 2.35. The van der Waals surface area contributed by atoms with Crippen molar-refractivity contribution in [3.05, 3.63) is 70.8 Å². The second-order valence-electron chi connectivity index (χ2n) is 11.3. The molecule has 3 aromatic rings. The molecule has 3 unspecified atom stereocenters. The second kappa shape index (κ2) is 9.75. The minimum absolute atomic E-state index is 0.298. The van der Waals surface area contributed by atoms with Gasteiger partial charge in [-0.25, -0.2) is 4.21 Å². The molecule has 3 atom stereocenters. The minimum Gasteiger partial charge on any atom is -0.321 e. The maximum absolute atomic E-state index is 13.9. The van der Waals surface area contributed by atoms with Gasteiger partial charge >= 0.3 is 0 Å². The molecule has 7 heteroatoms. The quantitative estimate of drug-likeness (QED) is 0.438. The zero-order valence-corrected chi connectivity index (χ0v) is 22.5. The molecule has 3 heterocycles. The largest absolute Gasteiger partial charge is 0.321 e. The number of benzene rings is 2. The Hall–Kier alpha value is -2.51. The maximum Gasteiger partial charge on any atom is 0.153 e. The van der Waals surface area contributed by atoms with Crippen LogP contribution in [0.25, 0.3) is 0 Å². The van der Waals surface area contributed by atoms with Crippen LogP contribution < -0.4 is 4.31 Å². The van der Waals surface area contributed by atoms with Gasteiger partial charge in [0, 0.05) is 26.6 Å². The number of rotatable bonds is 7. The summed E-state index contributed by atoms with van der Waals surface area (Å²) in [5, 5.41) is 8.28. The van der Waals surface area contributed by atoms with E-state index >= 15 is 0 Å². The summed E-state index contributed by atoms with van der Waals surface area (Å²) in [6.07, 6.45) is 7.72. The monoisotopic (exact) mass is 503 g/mol. The number of nitrogens with zero attached hydrogens (tertiary/aromatic N) is 5. The smallest absolute Gasteiger partial charge is 0.153 e. The van der Waals surface area contributed by atoms with Gasteiger partial charge in [0.25, 0.3) is 0 Å². The van der Waals surface area contributed by atoms with Crippen molar-refractivity contribution in [3.63, 3.8) is 0 Å². The first kappa shape index (κ1) is 23.9. The van der Waals surface area contributed by atoms with Crippen LogP contribution in [-0.4, -0.2) is 37.0 Å². The van der Waals surface area contributed by atoms with Gasteiger partial charge in [-0.15, -0.1) is 10.2 Å². The Morgan fingerprint density at radius 3 is 2.78 bits per heavy atom. The molecule has 3 aliphatic rings. The Kier molecular flexibility index (Phi) is 6.46. The molecule has 1 aromatic heterocycles. The SMILES string of the molecule is CC1CCCN(Cc2cc(C3CC3)c3c(c2)S(=O)N(c2cccc(C(C)Cc4nncn4C)c2)C3)C1. The molecule has 36 heavy (non-hydrogen) atoms. The fraction of sp³-hybridized carbons (Fsp3) is 0.517. The fourth-order valence-corrected chi connectivity index (χ4v) is 7.40. The summed E-state index contributed by atoms with van der Waals surface area (Å²) >= 11 is 0. The first-order chi connectivity index (χ1) is 17.5. The molecule has 1 aliphatic carbocycles. The van der Waals surface area contributed by atoms with Gasteiger partial charge in [0.15, 0.2) is 11.0 Å². The third kappa shape index (κ3) is 4.75. The van der Waals surface area contributed by atoms with Crippen LogP contribution >= 0.6 is 0 Å². The Labute approximate surface area is 217 Å². The first-order valence-corrected chi connectivity index (χ1v) is 14.6. The van der Waals surface area contributed by atoms with E-state index in [4.69, 9.17) is 0 Å². The van der Waals surface area contributed by atoms with E-state index in [9.17, 15) is 4.21 Å². The predicted octanol–water partition coefficient (Wildman–Crippen LogP) is 5.31. The highest BCUT2D eigenvalue weighted by atomic mass is 32.2. The average Bonchev–Trinajstić information content (AvgIpc) is 3.56. The number of piperidine rings is 1. The summed E-state index contributed by atoms with van der Waals surface area (Å²) in [5.41, 5.74) is 6.39. The van der Waals surface area contributed by atoms with Crippen LogP contribution in [-0.2, 0) is 37.5 Å². The lowest BCUT2D eigenvalue weighted by atomic mass is 9.96. The van der Waals surface area contributed by atoms with Crippen LogP contribution in [0.5, 0.6) is 0 Å². The summed E-state index contributed by atoms with van der Waals surface area (Å²) < 4.78 is 18.0. The van der Waals surface area contributed by atoms with Crippen LogP contribution in [0.1, 0.15) is 79.4 Å². The van der Waals surface area contributed by atoms with Gasteiger partial charge in [0.2, 0.25) is 0 Å². The molecular formula is C29H37N5OS. The van der Waals surface area contributed by atoms with E-state index in [0.717, 1.165) is 41.8 Å². The first-order valence-electron chi connectivity index (χ1n) is 13.5. The molecule has 1 saturated carbocycles. The third-order valence-electron chi connectivity index (χ3n) is 8.18. The summed E-state index contributed by atoms with van der Waals surface area (Å²) in [5.74, 6) is 2.69. The lowest BCUT2D eigenvalue weighted by molar-refractivity contribution is 0.176. The van der Waals surface area contributed by atoms with E-state index in [1.807, 2.05) is 11.6 Å². The number of fused-ring (bicyclic) bond motifs is 1. The van der Waals surface area contributed by atoms with Crippen molar-refractivity contribution in [2.75, 3.05) is 17.4 Å². The molecular weight excluding hydrogens is 466 g/mol. The third-order valence-corrected chi connectivity index (χ3v) is 9.66. The van der Waals surface area contributed by atoms with Crippen molar-refractivity contribution in [3.8, 4) is 0 Å².